The number of benzene rings is 2. The van der Waals surface area contributed by atoms with Gasteiger partial charge in [-0.25, -0.2) is 18.5 Å². The molecule has 2 aromatic carbocycles. The fourth-order valence-corrected chi connectivity index (χ4v) is 2.78. The predicted molar refractivity (Wildman–Crippen MR) is 75.4 cm³/mol. The van der Waals surface area contributed by atoms with Gasteiger partial charge in [-0.15, -0.1) is 0 Å². The molecule has 1 aliphatic rings. The van der Waals surface area contributed by atoms with Gasteiger partial charge in [-0.2, -0.15) is 0 Å². The number of imide groups is 1. The molecule has 6 nitrogen and oxygen atoms in total. The van der Waals surface area contributed by atoms with Gasteiger partial charge in [0, 0.05) is 0 Å². The molecule has 21 heavy (non-hydrogen) atoms. The van der Waals surface area contributed by atoms with E-state index in [9.17, 15) is 18.0 Å². The fraction of sp³-hybridized carbons (Fsp3) is 0. The second-order valence-electron chi connectivity index (χ2n) is 4.53. The standard InChI is InChI=1S/C14H10N2O4S/c15-21(19,20)10-5-3-4-9(8-10)16-13(17)11-6-1-2-7-12(11)14(16)18/h1-8H,(H2,15,19,20). The molecule has 106 valence electrons. The second kappa shape index (κ2) is 4.51. The van der Waals surface area contributed by atoms with Crippen LogP contribution in [0.1, 0.15) is 20.7 Å². The number of carbonyl (C=O) groups is 2. The predicted octanol–water partition coefficient (Wildman–Crippen LogP) is 1.13. The van der Waals surface area contributed by atoms with Crippen molar-refractivity contribution in [2.75, 3.05) is 4.90 Å². The van der Waals surface area contributed by atoms with Crippen LogP contribution in [-0.4, -0.2) is 20.2 Å². The first kappa shape index (κ1) is 13.5. The fourth-order valence-electron chi connectivity index (χ4n) is 2.22. The molecule has 0 radical (unpaired) electrons. The Bertz CT molecular complexity index is 839. The summed E-state index contributed by atoms with van der Waals surface area (Å²) in [5, 5.41) is 5.06. The van der Waals surface area contributed by atoms with E-state index in [1.165, 1.54) is 24.3 Å². The Morgan fingerprint density at radius 1 is 0.857 bits per heavy atom. The van der Waals surface area contributed by atoms with Gasteiger partial charge < -0.3 is 0 Å². The van der Waals surface area contributed by atoms with Gasteiger partial charge in [0.15, 0.2) is 0 Å². The summed E-state index contributed by atoms with van der Waals surface area (Å²) in [6.07, 6.45) is 0. The molecular formula is C14H10N2O4S. The lowest BCUT2D eigenvalue weighted by Gasteiger charge is -2.14. The molecule has 0 atom stereocenters. The third-order valence-electron chi connectivity index (χ3n) is 3.20. The van der Waals surface area contributed by atoms with Crippen LogP contribution in [0.15, 0.2) is 53.4 Å². The molecule has 0 aromatic heterocycles. The molecule has 0 unspecified atom stereocenters. The zero-order chi connectivity index (χ0) is 15.2. The van der Waals surface area contributed by atoms with E-state index in [4.69, 9.17) is 5.14 Å². The highest BCUT2D eigenvalue weighted by atomic mass is 32.2. The van der Waals surface area contributed by atoms with Gasteiger partial charge in [-0.1, -0.05) is 18.2 Å². The molecule has 3 rings (SSSR count). The highest BCUT2D eigenvalue weighted by Gasteiger charge is 2.36. The molecular weight excluding hydrogens is 292 g/mol. The molecule has 7 heteroatoms. The number of anilines is 1. The molecule has 2 aromatic rings. The maximum Gasteiger partial charge on any atom is 0.266 e. The van der Waals surface area contributed by atoms with E-state index in [2.05, 4.69) is 0 Å². The minimum absolute atomic E-state index is 0.156. The van der Waals surface area contributed by atoms with E-state index < -0.39 is 21.8 Å². The first-order valence-electron chi connectivity index (χ1n) is 6.00. The van der Waals surface area contributed by atoms with Crippen molar-refractivity contribution >= 4 is 27.5 Å². The van der Waals surface area contributed by atoms with Crippen LogP contribution in [0.3, 0.4) is 0 Å². The lowest BCUT2D eigenvalue weighted by Crippen LogP contribution is -2.29. The first-order chi connectivity index (χ1) is 9.89. The highest BCUT2D eigenvalue weighted by Crippen LogP contribution is 2.29. The van der Waals surface area contributed by atoms with E-state index >= 15 is 0 Å². The highest BCUT2D eigenvalue weighted by molar-refractivity contribution is 7.89. The topological polar surface area (TPSA) is 97.5 Å². The van der Waals surface area contributed by atoms with Gasteiger partial charge in [0.2, 0.25) is 10.0 Å². The van der Waals surface area contributed by atoms with Crippen molar-refractivity contribution < 1.29 is 18.0 Å². The average Bonchev–Trinajstić information content (AvgIpc) is 2.71. The van der Waals surface area contributed by atoms with Crippen LogP contribution in [0.2, 0.25) is 0 Å². The van der Waals surface area contributed by atoms with Crippen LogP contribution in [0.4, 0.5) is 5.69 Å². The van der Waals surface area contributed by atoms with Crippen molar-refractivity contribution in [1.29, 1.82) is 0 Å². The molecule has 0 saturated carbocycles. The summed E-state index contributed by atoms with van der Waals surface area (Å²) in [5.74, 6) is -0.968. The van der Waals surface area contributed by atoms with Gasteiger partial charge in [0.1, 0.15) is 0 Å². The number of amides is 2. The summed E-state index contributed by atoms with van der Waals surface area (Å²) >= 11 is 0. The monoisotopic (exact) mass is 302 g/mol. The van der Waals surface area contributed by atoms with Gasteiger partial charge in [-0.3, -0.25) is 9.59 Å². The minimum Gasteiger partial charge on any atom is -0.268 e. The molecule has 1 heterocycles. The molecule has 2 amide bonds. The largest absolute Gasteiger partial charge is 0.268 e. The Hall–Kier alpha value is -2.51. The van der Waals surface area contributed by atoms with E-state index in [0.717, 1.165) is 4.90 Å². The van der Waals surface area contributed by atoms with Crippen molar-refractivity contribution in [3.63, 3.8) is 0 Å². The molecule has 0 spiro atoms. The van der Waals surface area contributed by atoms with Crippen LogP contribution < -0.4 is 10.0 Å². The van der Waals surface area contributed by atoms with Crippen molar-refractivity contribution in [3.05, 3.63) is 59.7 Å². The first-order valence-corrected chi connectivity index (χ1v) is 7.55. The third kappa shape index (κ3) is 2.12. The van der Waals surface area contributed by atoms with Gasteiger partial charge >= 0.3 is 0 Å². The number of fused-ring (bicyclic) bond motifs is 1. The maximum absolute atomic E-state index is 12.3. The molecule has 0 aliphatic carbocycles. The molecule has 2 N–H and O–H groups in total. The SMILES string of the molecule is NS(=O)(=O)c1cccc(N2C(=O)c3ccccc3C2=O)c1. The zero-order valence-corrected chi connectivity index (χ0v) is 11.5. The maximum atomic E-state index is 12.3. The Labute approximate surface area is 120 Å². The smallest absolute Gasteiger partial charge is 0.266 e. The number of rotatable bonds is 2. The summed E-state index contributed by atoms with van der Waals surface area (Å²) in [5.41, 5.74) is 0.764. The third-order valence-corrected chi connectivity index (χ3v) is 4.11. The number of hydrogen-bond donors (Lipinski definition) is 1. The Balaban J connectivity index is 2.12. The Morgan fingerprint density at radius 3 is 1.95 bits per heavy atom. The lowest BCUT2D eigenvalue weighted by molar-refractivity contribution is 0.0926. The van der Waals surface area contributed by atoms with Crippen molar-refractivity contribution in [3.8, 4) is 0 Å². The summed E-state index contributed by atoms with van der Waals surface area (Å²) in [7, 11) is -3.91. The van der Waals surface area contributed by atoms with Gasteiger partial charge in [0.05, 0.1) is 21.7 Å². The summed E-state index contributed by atoms with van der Waals surface area (Å²) in [4.78, 5) is 25.4. The van der Waals surface area contributed by atoms with Gasteiger partial charge in [0.25, 0.3) is 11.8 Å². The second-order valence-corrected chi connectivity index (χ2v) is 6.10. The summed E-state index contributed by atoms with van der Waals surface area (Å²) < 4.78 is 22.7. The molecule has 0 saturated heterocycles. The summed E-state index contributed by atoms with van der Waals surface area (Å²) in [6, 6.07) is 11.9. The van der Waals surface area contributed by atoms with Crippen LogP contribution in [-0.2, 0) is 10.0 Å². The number of primary sulfonamides is 1. The Morgan fingerprint density at radius 2 is 1.43 bits per heavy atom. The number of nitrogens with two attached hydrogens (primary N) is 1. The molecule has 0 bridgehead atoms. The quantitative estimate of drug-likeness (QED) is 0.841. The zero-order valence-electron chi connectivity index (χ0n) is 10.7. The Kier molecular flexibility index (Phi) is 2.89. The van der Waals surface area contributed by atoms with Crippen LogP contribution >= 0.6 is 0 Å². The molecule has 1 aliphatic heterocycles. The lowest BCUT2D eigenvalue weighted by atomic mass is 10.1. The normalized spacial score (nSPS) is 14.4. The molecule has 0 fully saturated rings. The van der Waals surface area contributed by atoms with Crippen LogP contribution in [0, 0.1) is 0 Å². The van der Waals surface area contributed by atoms with E-state index in [0.29, 0.717) is 11.1 Å². The van der Waals surface area contributed by atoms with E-state index in [1.54, 1.807) is 24.3 Å². The number of nitrogens with zero attached hydrogens (tertiary/aromatic N) is 1. The average molecular weight is 302 g/mol. The number of sulfonamides is 1. The van der Waals surface area contributed by atoms with E-state index in [1.807, 2.05) is 0 Å². The van der Waals surface area contributed by atoms with Gasteiger partial charge in [-0.05, 0) is 30.3 Å². The minimum atomic E-state index is -3.91. The van der Waals surface area contributed by atoms with Crippen LogP contribution in [0.5, 0.6) is 0 Å². The van der Waals surface area contributed by atoms with Crippen LogP contribution in [0.25, 0.3) is 0 Å². The number of hydrogen-bond acceptors (Lipinski definition) is 4. The van der Waals surface area contributed by atoms with Crippen molar-refractivity contribution in [1.82, 2.24) is 0 Å². The summed E-state index contributed by atoms with van der Waals surface area (Å²) in [6.45, 7) is 0. The van der Waals surface area contributed by atoms with E-state index in [-0.39, 0.29) is 10.6 Å². The van der Waals surface area contributed by atoms with Crippen molar-refractivity contribution in [2.45, 2.75) is 4.90 Å². The van der Waals surface area contributed by atoms with Crippen molar-refractivity contribution in [2.24, 2.45) is 5.14 Å². The number of carbonyl (C=O) groups excluding carboxylic acids is 2.